The van der Waals surface area contributed by atoms with E-state index in [9.17, 15) is 17.2 Å². The fraction of sp³-hybridized carbons (Fsp3) is 0. The Hall–Kier alpha value is -0.451. The van der Waals surface area contributed by atoms with E-state index >= 15 is 0 Å². The van der Waals surface area contributed by atoms with Crippen LogP contribution in [0.25, 0.3) is 0 Å². The standard InChI is InChI=1S/C7H5F2O2S.Cu/c8-7(9)12(10,11)6-4-2-1-3-5-6;/h1-5H;/q-1;+1. The first-order valence-electron chi connectivity index (χ1n) is 3.03. The van der Waals surface area contributed by atoms with Crippen LogP contribution in [0.1, 0.15) is 0 Å². The molecule has 0 spiro atoms. The summed E-state index contributed by atoms with van der Waals surface area (Å²) in [5.41, 5.74) is 0. The van der Waals surface area contributed by atoms with Crippen molar-refractivity contribution in [2.75, 3.05) is 0 Å². The summed E-state index contributed by atoms with van der Waals surface area (Å²) in [5, 5.41) is 0. The van der Waals surface area contributed by atoms with E-state index in [1.54, 1.807) is 6.07 Å². The fourth-order valence-electron chi connectivity index (χ4n) is 0.689. The van der Waals surface area contributed by atoms with Gasteiger partial charge in [0.15, 0.2) is 0 Å². The average molecular weight is 255 g/mol. The molecule has 2 nitrogen and oxygen atoms in total. The Bertz CT molecular complexity index is 350. The van der Waals surface area contributed by atoms with Crippen molar-refractivity contribution in [1.29, 1.82) is 0 Å². The van der Waals surface area contributed by atoms with Crippen LogP contribution in [0.2, 0.25) is 0 Å². The molecule has 0 unspecified atom stereocenters. The van der Waals surface area contributed by atoms with Crippen LogP contribution < -0.4 is 0 Å². The topological polar surface area (TPSA) is 34.1 Å². The minimum atomic E-state index is -4.49. The van der Waals surface area contributed by atoms with E-state index in [0.717, 1.165) is 12.1 Å². The van der Waals surface area contributed by atoms with Crippen LogP contribution in [0, 0.1) is 5.76 Å². The Morgan fingerprint density at radius 2 is 1.54 bits per heavy atom. The number of hydrogen-bond acceptors (Lipinski definition) is 2. The van der Waals surface area contributed by atoms with E-state index in [1.165, 1.54) is 12.1 Å². The van der Waals surface area contributed by atoms with Crippen LogP contribution in [0.3, 0.4) is 0 Å². The van der Waals surface area contributed by atoms with Crippen LogP contribution in [-0.2, 0) is 26.9 Å². The van der Waals surface area contributed by atoms with Gasteiger partial charge in [-0.2, -0.15) is 0 Å². The molecule has 0 aliphatic rings. The monoisotopic (exact) mass is 254 g/mol. The van der Waals surface area contributed by atoms with Crippen molar-refractivity contribution in [1.82, 2.24) is 0 Å². The number of halogens is 2. The summed E-state index contributed by atoms with van der Waals surface area (Å²) in [6.07, 6.45) is 0. The molecule has 1 aromatic rings. The molecule has 76 valence electrons. The third-order valence-corrected chi connectivity index (χ3v) is 2.56. The summed E-state index contributed by atoms with van der Waals surface area (Å²) in [7, 11) is -4.49. The minimum absolute atomic E-state index is 0. The molecular formula is C7H5CuF2O2S. The van der Waals surface area contributed by atoms with Crippen molar-refractivity contribution in [2.24, 2.45) is 0 Å². The Morgan fingerprint density at radius 1 is 1.08 bits per heavy atom. The average Bonchev–Trinajstić information content (AvgIpc) is 2.06. The molecular weight excluding hydrogens is 250 g/mol. The van der Waals surface area contributed by atoms with E-state index in [-0.39, 0.29) is 22.0 Å². The summed E-state index contributed by atoms with van der Waals surface area (Å²) in [6, 6.07) is 6.56. The minimum Gasteiger partial charge on any atom is -0.403 e. The Morgan fingerprint density at radius 3 is 1.92 bits per heavy atom. The smallest absolute Gasteiger partial charge is 0.403 e. The van der Waals surface area contributed by atoms with Crippen LogP contribution in [0.5, 0.6) is 0 Å². The maximum absolute atomic E-state index is 11.8. The third kappa shape index (κ3) is 2.76. The molecule has 0 saturated heterocycles. The molecule has 0 bridgehead atoms. The summed E-state index contributed by atoms with van der Waals surface area (Å²) >= 11 is 0. The maximum atomic E-state index is 11.8. The van der Waals surface area contributed by atoms with Gasteiger partial charge in [-0.15, -0.1) is 0 Å². The van der Waals surface area contributed by atoms with Gasteiger partial charge < -0.3 is 8.78 Å². The molecule has 1 rings (SSSR count). The zero-order valence-corrected chi connectivity index (χ0v) is 7.93. The second kappa shape index (κ2) is 4.69. The van der Waals surface area contributed by atoms with Gasteiger partial charge in [0.25, 0.3) is 0 Å². The zero-order valence-electron chi connectivity index (χ0n) is 6.17. The first-order valence-corrected chi connectivity index (χ1v) is 4.51. The maximum Gasteiger partial charge on any atom is 1.00 e. The van der Waals surface area contributed by atoms with Gasteiger partial charge in [0.2, 0.25) is 0 Å². The summed E-state index contributed by atoms with van der Waals surface area (Å²) in [4.78, 5) is -0.384. The molecule has 0 radical (unpaired) electrons. The second-order valence-corrected chi connectivity index (χ2v) is 3.83. The van der Waals surface area contributed by atoms with Gasteiger partial charge >= 0.3 is 17.1 Å². The summed E-state index contributed by atoms with van der Waals surface area (Å²) in [5.74, 6) is -2.58. The van der Waals surface area contributed by atoms with E-state index in [4.69, 9.17) is 0 Å². The third-order valence-electron chi connectivity index (χ3n) is 1.26. The van der Waals surface area contributed by atoms with Gasteiger partial charge in [-0.25, -0.2) is 0 Å². The molecule has 0 amide bonds. The first kappa shape index (κ1) is 12.5. The van der Waals surface area contributed by atoms with E-state index < -0.39 is 15.6 Å². The van der Waals surface area contributed by atoms with Crippen LogP contribution in [-0.4, -0.2) is 8.42 Å². The van der Waals surface area contributed by atoms with Crippen molar-refractivity contribution >= 4 is 9.84 Å². The molecule has 0 saturated carbocycles. The molecule has 0 fully saturated rings. The molecule has 1 aromatic carbocycles. The van der Waals surface area contributed by atoms with Crippen molar-refractivity contribution in [3.8, 4) is 0 Å². The van der Waals surface area contributed by atoms with Crippen LogP contribution in [0.4, 0.5) is 8.78 Å². The summed E-state index contributed by atoms with van der Waals surface area (Å²) < 4.78 is 45.1. The fourth-order valence-corrected chi connectivity index (χ4v) is 1.38. The van der Waals surface area contributed by atoms with Crippen LogP contribution >= 0.6 is 0 Å². The van der Waals surface area contributed by atoms with E-state index in [2.05, 4.69) is 0 Å². The van der Waals surface area contributed by atoms with Gasteiger partial charge in [0, 0.05) is 4.90 Å². The van der Waals surface area contributed by atoms with E-state index in [0.29, 0.717) is 0 Å². The van der Waals surface area contributed by atoms with Gasteiger partial charge in [0.05, 0.1) is 0 Å². The number of rotatable bonds is 2. The van der Waals surface area contributed by atoms with Gasteiger partial charge in [-0.1, -0.05) is 18.2 Å². The molecule has 0 N–H and O–H groups in total. The van der Waals surface area contributed by atoms with E-state index in [1.807, 2.05) is 0 Å². The quantitative estimate of drug-likeness (QED) is 0.596. The SMILES string of the molecule is O=S(=O)(c1ccccc1)[C-](F)F.[Cu+]. The van der Waals surface area contributed by atoms with Gasteiger partial charge in [-0.3, -0.25) is 8.42 Å². The predicted octanol–water partition coefficient (Wildman–Crippen LogP) is 1.84. The van der Waals surface area contributed by atoms with Gasteiger partial charge in [0.1, 0.15) is 15.6 Å². The molecule has 0 aliphatic carbocycles. The molecule has 0 aromatic heterocycles. The number of hydrogen-bond donors (Lipinski definition) is 0. The normalized spacial score (nSPS) is 11.0. The summed E-state index contributed by atoms with van der Waals surface area (Å²) in [6.45, 7) is 0. The van der Waals surface area contributed by atoms with Crippen LogP contribution in [0.15, 0.2) is 35.2 Å². The Balaban J connectivity index is 0.00000144. The molecule has 13 heavy (non-hydrogen) atoms. The first-order chi connectivity index (χ1) is 5.55. The van der Waals surface area contributed by atoms with Crippen molar-refractivity contribution < 1.29 is 34.3 Å². The molecule has 0 atom stereocenters. The van der Waals surface area contributed by atoms with Crippen molar-refractivity contribution in [3.63, 3.8) is 0 Å². The predicted molar refractivity (Wildman–Crippen MR) is 39.1 cm³/mol. The van der Waals surface area contributed by atoms with Gasteiger partial charge in [-0.05, 0) is 12.1 Å². The number of sulfone groups is 1. The largest absolute Gasteiger partial charge is 1.00 e. The zero-order chi connectivity index (χ0) is 9.19. The molecule has 6 heteroatoms. The second-order valence-electron chi connectivity index (χ2n) is 2.04. The Labute approximate surface area is 85.3 Å². The van der Waals surface area contributed by atoms with Crippen molar-refractivity contribution in [3.05, 3.63) is 36.1 Å². The molecule has 0 heterocycles. The molecule has 0 aliphatic heterocycles. The van der Waals surface area contributed by atoms with Crippen molar-refractivity contribution in [2.45, 2.75) is 4.90 Å². The Kier molecular flexibility index (Phi) is 4.53. The number of benzene rings is 1.